The van der Waals surface area contributed by atoms with Gasteiger partial charge >= 0.3 is 6.03 Å². The second kappa shape index (κ2) is 14.3. The number of ether oxygens (including phenoxy) is 1. The van der Waals surface area contributed by atoms with Crippen LogP contribution in [0.2, 0.25) is 0 Å². The summed E-state index contributed by atoms with van der Waals surface area (Å²) < 4.78 is 19.3. The Bertz CT molecular complexity index is 1230. The fourth-order valence-electron chi connectivity index (χ4n) is 4.86. The Morgan fingerprint density at radius 1 is 0.974 bits per heavy atom. The van der Waals surface area contributed by atoms with E-state index in [1.54, 1.807) is 24.3 Å². The quantitative estimate of drug-likeness (QED) is 0.261. The Labute approximate surface area is 229 Å². The molecule has 3 aromatic carbocycles. The molecule has 1 fully saturated rings. The summed E-state index contributed by atoms with van der Waals surface area (Å²) in [5, 5.41) is 8.22. The van der Waals surface area contributed by atoms with Crippen molar-refractivity contribution < 1.29 is 18.7 Å². The summed E-state index contributed by atoms with van der Waals surface area (Å²) in [7, 11) is 0. The third kappa shape index (κ3) is 8.29. The van der Waals surface area contributed by atoms with Gasteiger partial charge in [0.05, 0.1) is 11.3 Å². The summed E-state index contributed by atoms with van der Waals surface area (Å²) in [6.45, 7) is 5.35. The molecule has 4 rings (SSSR count). The molecule has 1 aliphatic heterocycles. The summed E-state index contributed by atoms with van der Waals surface area (Å²) in [6, 6.07) is 21.3. The summed E-state index contributed by atoms with van der Waals surface area (Å²) in [6.07, 6.45) is 3.84. The zero-order valence-corrected chi connectivity index (χ0v) is 22.4. The highest BCUT2D eigenvalue weighted by Crippen LogP contribution is 2.30. The van der Waals surface area contributed by atoms with Crippen molar-refractivity contribution in [3.8, 4) is 0 Å². The number of nitrogens with zero attached hydrogens (tertiary/aromatic N) is 1. The lowest BCUT2D eigenvalue weighted by Crippen LogP contribution is -2.36. The van der Waals surface area contributed by atoms with E-state index in [1.807, 2.05) is 19.1 Å². The van der Waals surface area contributed by atoms with Gasteiger partial charge in [0.25, 0.3) is 5.91 Å². The molecule has 0 aromatic heterocycles. The van der Waals surface area contributed by atoms with Gasteiger partial charge in [0.15, 0.2) is 0 Å². The first kappa shape index (κ1) is 28.1. The van der Waals surface area contributed by atoms with Gasteiger partial charge in [-0.05, 0) is 74.4 Å². The molecule has 8 heteroatoms. The monoisotopic (exact) mass is 532 g/mol. The number of anilines is 3. The number of amides is 3. The zero-order chi connectivity index (χ0) is 27.5. The van der Waals surface area contributed by atoms with Crippen molar-refractivity contribution in [3.63, 3.8) is 0 Å². The van der Waals surface area contributed by atoms with Crippen LogP contribution < -0.4 is 20.9 Å². The minimum Gasteiger partial charge on any atom is -0.382 e. The maximum absolute atomic E-state index is 14.0. The van der Waals surface area contributed by atoms with Gasteiger partial charge in [0.2, 0.25) is 0 Å². The molecule has 0 saturated carbocycles. The molecule has 0 bridgehead atoms. The average molecular weight is 533 g/mol. The lowest BCUT2D eigenvalue weighted by Gasteiger charge is -2.35. The summed E-state index contributed by atoms with van der Waals surface area (Å²) in [5.41, 5.74) is 3.22. The molecule has 206 valence electrons. The van der Waals surface area contributed by atoms with E-state index in [4.69, 9.17) is 4.74 Å². The maximum Gasteiger partial charge on any atom is 0.323 e. The van der Waals surface area contributed by atoms with Gasteiger partial charge in [0.1, 0.15) is 5.82 Å². The molecule has 3 aromatic rings. The number of carbonyl (C=O) groups is 2. The fourth-order valence-corrected chi connectivity index (χ4v) is 4.86. The second-order valence-electron chi connectivity index (χ2n) is 9.72. The van der Waals surface area contributed by atoms with Crippen LogP contribution in [0.5, 0.6) is 0 Å². The lowest BCUT2D eigenvalue weighted by molar-refractivity contribution is 0.0944. The van der Waals surface area contributed by atoms with Crippen molar-refractivity contribution in [2.75, 3.05) is 48.4 Å². The van der Waals surface area contributed by atoms with Crippen LogP contribution in [-0.4, -0.2) is 44.8 Å². The van der Waals surface area contributed by atoms with Crippen molar-refractivity contribution in [3.05, 3.63) is 89.7 Å². The van der Waals surface area contributed by atoms with E-state index in [0.29, 0.717) is 43.3 Å². The number of piperidine rings is 1. The van der Waals surface area contributed by atoms with Crippen LogP contribution >= 0.6 is 0 Å². The highest BCUT2D eigenvalue weighted by Gasteiger charge is 2.24. The molecule has 39 heavy (non-hydrogen) atoms. The first-order valence-electron chi connectivity index (χ1n) is 13.6. The molecular formula is C31H37FN4O3. The highest BCUT2D eigenvalue weighted by atomic mass is 19.1. The Morgan fingerprint density at radius 3 is 2.46 bits per heavy atom. The summed E-state index contributed by atoms with van der Waals surface area (Å²) in [4.78, 5) is 28.1. The number of hydrogen-bond acceptors (Lipinski definition) is 4. The first-order valence-corrected chi connectivity index (χ1v) is 13.6. The Morgan fingerprint density at radius 2 is 1.72 bits per heavy atom. The SMILES string of the molecule is CCOCCCNC(=O)c1cc(NC(=O)Nc2ccccc2F)ccc1N1CCC(Cc2ccccc2)CC1. The minimum absolute atomic E-state index is 0.0808. The van der Waals surface area contributed by atoms with Gasteiger partial charge in [-0.2, -0.15) is 0 Å². The van der Waals surface area contributed by atoms with Crippen LogP contribution in [0.15, 0.2) is 72.8 Å². The van der Waals surface area contributed by atoms with Gasteiger partial charge in [-0.25, -0.2) is 9.18 Å². The van der Waals surface area contributed by atoms with Crippen LogP contribution in [0.4, 0.5) is 26.2 Å². The molecule has 1 aliphatic rings. The van der Waals surface area contributed by atoms with Crippen LogP contribution in [0.25, 0.3) is 0 Å². The van der Waals surface area contributed by atoms with Gasteiger partial charge in [0, 0.05) is 44.2 Å². The van der Waals surface area contributed by atoms with Crippen LogP contribution in [-0.2, 0) is 11.2 Å². The second-order valence-corrected chi connectivity index (χ2v) is 9.72. The number of benzene rings is 3. The number of halogens is 1. The Hall–Kier alpha value is -3.91. The maximum atomic E-state index is 14.0. The Kier molecular flexibility index (Phi) is 10.3. The van der Waals surface area contributed by atoms with Crippen molar-refractivity contribution in [2.24, 2.45) is 5.92 Å². The first-order chi connectivity index (χ1) is 19.0. The highest BCUT2D eigenvalue weighted by molar-refractivity contribution is 6.04. The number of urea groups is 1. The van der Waals surface area contributed by atoms with Gasteiger partial charge in [-0.3, -0.25) is 4.79 Å². The largest absolute Gasteiger partial charge is 0.382 e. The molecule has 0 unspecified atom stereocenters. The lowest BCUT2D eigenvalue weighted by atomic mass is 9.89. The summed E-state index contributed by atoms with van der Waals surface area (Å²) in [5.74, 6) is -0.126. The fraction of sp³-hybridized carbons (Fsp3) is 0.355. The molecule has 0 spiro atoms. The van der Waals surface area contributed by atoms with Gasteiger partial charge in [-0.1, -0.05) is 42.5 Å². The van der Waals surface area contributed by atoms with Crippen molar-refractivity contribution in [1.29, 1.82) is 0 Å². The van der Waals surface area contributed by atoms with Gasteiger partial charge < -0.3 is 25.6 Å². The van der Waals surface area contributed by atoms with Crippen LogP contribution in [0.1, 0.15) is 42.1 Å². The molecule has 1 saturated heterocycles. The number of rotatable bonds is 11. The summed E-state index contributed by atoms with van der Waals surface area (Å²) >= 11 is 0. The molecule has 3 N–H and O–H groups in total. The van der Waals surface area contributed by atoms with Crippen molar-refractivity contribution >= 4 is 29.0 Å². The Balaban J connectivity index is 1.44. The van der Waals surface area contributed by atoms with E-state index < -0.39 is 11.8 Å². The zero-order valence-electron chi connectivity index (χ0n) is 22.4. The number of nitrogens with one attached hydrogen (secondary N) is 3. The molecule has 0 radical (unpaired) electrons. The van der Waals surface area contributed by atoms with Crippen LogP contribution in [0.3, 0.4) is 0 Å². The topological polar surface area (TPSA) is 82.7 Å². The molecule has 7 nitrogen and oxygen atoms in total. The normalized spacial score (nSPS) is 13.6. The van der Waals surface area contributed by atoms with E-state index in [0.717, 1.165) is 38.0 Å². The molecular weight excluding hydrogens is 495 g/mol. The van der Waals surface area contributed by atoms with Crippen molar-refractivity contribution in [2.45, 2.75) is 32.6 Å². The predicted octanol–water partition coefficient (Wildman–Crippen LogP) is 6.09. The average Bonchev–Trinajstić information content (AvgIpc) is 2.95. The predicted molar refractivity (Wildman–Crippen MR) is 154 cm³/mol. The standard InChI is InChI=1S/C31H37FN4O3/c1-2-39-20-8-17-33-30(37)26-22-25(34-31(38)35-28-12-7-6-11-27(28)32)13-14-29(26)36-18-15-24(16-19-36)21-23-9-4-3-5-10-23/h3-7,9-14,22,24H,2,8,15-21H2,1H3,(H,33,37)(H2,34,35,38). The van der Waals surface area contributed by atoms with Crippen LogP contribution in [0, 0.1) is 11.7 Å². The van der Waals surface area contributed by atoms with E-state index >= 15 is 0 Å². The van der Waals surface area contributed by atoms with E-state index in [9.17, 15) is 14.0 Å². The van der Waals surface area contributed by atoms with E-state index in [1.165, 1.54) is 17.7 Å². The third-order valence-corrected chi connectivity index (χ3v) is 6.90. The molecule has 0 aliphatic carbocycles. The molecule has 3 amide bonds. The number of para-hydroxylation sites is 1. The molecule has 1 heterocycles. The van der Waals surface area contributed by atoms with E-state index in [-0.39, 0.29) is 11.6 Å². The van der Waals surface area contributed by atoms with Crippen molar-refractivity contribution in [1.82, 2.24) is 5.32 Å². The van der Waals surface area contributed by atoms with E-state index in [2.05, 4.69) is 45.1 Å². The van der Waals surface area contributed by atoms with Gasteiger partial charge in [-0.15, -0.1) is 0 Å². The number of hydrogen-bond donors (Lipinski definition) is 3. The third-order valence-electron chi connectivity index (χ3n) is 6.90. The smallest absolute Gasteiger partial charge is 0.323 e. The minimum atomic E-state index is -0.586. The number of carbonyl (C=O) groups excluding carboxylic acids is 2. The molecule has 0 atom stereocenters.